The van der Waals surface area contributed by atoms with Crippen molar-refractivity contribution in [3.63, 3.8) is 0 Å². The van der Waals surface area contributed by atoms with Crippen LogP contribution in [0.4, 0.5) is 0 Å². The Morgan fingerprint density at radius 1 is 1.12 bits per heavy atom. The van der Waals surface area contributed by atoms with Crippen LogP contribution in [0.1, 0.15) is 46.5 Å². The Hall–Kier alpha value is -0.120. The lowest BCUT2D eigenvalue weighted by Gasteiger charge is -2.34. The largest absolute Gasteiger partial charge is 0.380 e. The van der Waals surface area contributed by atoms with Crippen LogP contribution < -0.4 is 5.32 Å². The first-order valence-electron chi connectivity index (χ1n) is 7.04. The van der Waals surface area contributed by atoms with E-state index in [9.17, 15) is 0 Å². The van der Waals surface area contributed by atoms with Crippen LogP contribution in [0.3, 0.4) is 0 Å². The summed E-state index contributed by atoms with van der Waals surface area (Å²) in [4.78, 5) is 0. The third-order valence-corrected chi connectivity index (χ3v) is 3.55. The van der Waals surface area contributed by atoms with Gasteiger partial charge >= 0.3 is 0 Å². The summed E-state index contributed by atoms with van der Waals surface area (Å²) >= 11 is 0. The first-order chi connectivity index (χ1) is 8.14. The zero-order chi connectivity index (χ0) is 12.6. The van der Waals surface area contributed by atoms with Crippen molar-refractivity contribution in [3.05, 3.63) is 0 Å². The van der Waals surface area contributed by atoms with Crippen molar-refractivity contribution in [3.8, 4) is 0 Å². The van der Waals surface area contributed by atoms with E-state index < -0.39 is 0 Å². The average Bonchev–Trinajstić information content (AvgIpc) is 2.30. The number of nitrogens with one attached hydrogen (secondary N) is 1. The molecule has 0 amide bonds. The monoisotopic (exact) mass is 243 g/mol. The quantitative estimate of drug-likeness (QED) is 0.665. The Morgan fingerprint density at radius 3 is 2.41 bits per heavy atom. The van der Waals surface area contributed by atoms with Gasteiger partial charge < -0.3 is 14.8 Å². The van der Waals surface area contributed by atoms with Gasteiger partial charge in [0.05, 0.1) is 19.3 Å². The number of hydrogen-bond acceptors (Lipinski definition) is 3. The lowest BCUT2D eigenvalue weighted by Crippen LogP contribution is -2.30. The van der Waals surface area contributed by atoms with Gasteiger partial charge in [-0.05, 0) is 38.0 Å². The maximum atomic E-state index is 5.88. The normalized spacial score (nSPS) is 20.6. The minimum Gasteiger partial charge on any atom is -0.380 e. The molecule has 1 rings (SSSR count). The SMILES string of the molecule is CCOCCNCCOC1CCC(C)(C)CC1. The highest BCUT2D eigenvalue weighted by atomic mass is 16.5. The van der Waals surface area contributed by atoms with Crippen LogP contribution in [-0.4, -0.2) is 39.0 Å². The first kappa shape index (κ1) is 14.9. The zero-order valence-corrected chi connectivity index (χ0v) is 11.8. The van der Waals surface area contributed by atoms with E-state index in [1.165, 1.54) is 25.7 Å². The predicted octanol–water partition coefficient (Wildman–Crippen LogP) is 2.60. The highest BCUT2D eigenvalue weighted by molar-refractivity contribution is 4.78. The molecule has 1 saturated carbocycles. The Bertz CT molecular complexity index is 185. The van der Waals surface area contributed by atoms with Crippen LogP contribution in [0.25, 0.3) is 0 Å². The van der Waals surface area contributed by atoms with Crippen molar-refractivity contribution in [2.45, 2.75) is 52.6 Å². The van der Waals surface area contributed by atoms with Crippen molar-refractivity contribution in [1.29, 1.82) is 0 Å². The maximum absolute atomic E-state index is 5.88. The second kappa shape index (κ2) is 8.06. The fourth-order valence-electron chi connectivity index (χ4n) is 2.25. The van der Waals surface area contributed by atoms with E-state index in [0.717, 1.165) is 32.9 Å². The van der Waals surface area contributed by atoms with E-state index in [4.69, 9.17) is 9.47 Å². The molecule has 0 spiro atoms. The fourth-order valence-corrected chi connectivity index (χ4v) is 2.25. The van der Waals surface area contributed by atoms with Gasteiger partial charge in [0.2, 0.25) is 0 Å². The molecule has 0 aromatic heterocycles. The molecular formula is C14H29NO2. The third kappa shape index (κ3) is 7.02. The minimum absolute atomic E-state index is 0.497. The summed E-state index contributed by atoms with van der Waals surface area (Å²) < 4.78 is 11.1. The standard InChI is InChI=1S/C14H29NO2/c1-4-16-11-9-15-10-12-17-13-5-7-14(2,3)8-6-13/h13,15H,4-12H2,1-3H3. The molecule has 0 atom stereocenters. The van der Waals surface area contributed by atoms with E-state index in [0.29, 0.717) is 11.5 Å². The summed E-state index contributed by atoms with van der Waals surface area (Å²) in [5.41, 5.74) is 0.537. The van der Waals surface area contributed by atoms with E-state index in [1.807, 2.05) is 6.92 Å². The van der Waals surface area contributed by atoms with Crippen LogP contribution >= 0.6 is 0 Å². The van der Waals surface area contributed by atoms with Gasteiger partial charge in [0.25, 0.3) is 0 Å². The number of hydrogen-bond donors (Lipinski definition) is 1. The van der Waals surface area contributed by atoms with Crippen molar-refractivity contribution < 1.29 is 9.47 Å². The van der Waals surface area contributed by atoms with E-state index >= 15 is 0 Å². The molecule has 0 aromatic rings. The molecule has 0 aromatic carbocycles. The van der Waals surface area contributed by atoms with Gasteiger partial charge in [-0.15, -0.1) is 0 Å². The molecular weight excluding hydrogens is 214 g/mol. The molecule has 3 nitrogen and oxygen atoms in total. The van der Waals surface area contributed by atoms with Crippen molar-refractivity contribution >= 4 is 0 Å². The first-order valence-corrected chi connectivity index (χ1v) is 7.04. The molecule has 0 aliphatic heterocycles. The number of ether oxygens (including phenoxy) is 2. The Kier molecular flexibility index (Phi) is 7.09. The Morgan fingerprint density at radius 2 is 1.76 bits per heavy atom. The maximum Gasteiger partial charge on any atom is 0.0594 e. The Labute approximate surface area is 106 Å². The molecule has 0 unspecified atom stereocenters. The molecule has 1 fully saturated rings. The lowest BCUT2D eigenvalue weighted by molar-refractivity contribution is 0.00559. The Balaban J connectivity index is 1.90. The second-order valence-corrected chi connectivity index (χ2v) is 5.68. The molecule has 1 aliphatic rings. The summed E-state index contributed by atoms with van der Waals surface area (Å²) in [6.45, 7) is 11.0. The zero-order valence-electron chi connectivity index (χ0n) is 11.8. The van der Waals surface area contributed by atoms with Gasteiger partial charge in [-0.2, -0.15) is 0 Å². The molecule has 0 radical (unpaired) electrons. The molecule has 17 heavy (non-hydrogen) atoms. The topological polar surface area (TPSA) is 30.5 Å². The van der Waals surface area contributed by atoms with Gasteiger partial charge in [0, 0.05) is 19.7 Å². The van der Waals surface area contributed by atoms with Crippen LogP contribution in [0.2, 0.25) is 0 Å². The summed E-state index contributed by atoms with van der Waals surface area (Å²) in [5.74, 6) is 0. The van der Waals surface area contributed by atoms with Gasteiger partial charge in [-0.1, -0.05) is 13.8 Å². The van der Waals surface area contributed by atoms with Crippen LogP contribution in [0, 0.1) is 5.41 Å². The third-order valence-electron chi connectivity index (χ3n) is 3.55. The van der Waals surface area contributed by atoms with Gasteiger partial charge in [0.15, 0.2) is 0 Å². The predicted molar refractivity (Wildman–Crippen MR) is 71.4 cm³/mol. The molecule has 0 saturated heterocycles. The van der Waals surface area contributed by atoms with Crippen LogP contribution in [-0.2, 0) is 9.47 Å². The highest BCUT2D eigenvalue weighted by Crippen LogP contribution is 2.35. The second-order valence-electron chi connectivity index (χ2n) is 5.68. The minimum atomic E-state index is 0.497. The van der Waals surface area contributed by atoms with E-state index in [2.05, 4.69) is 19.2 Å². The van der Waals surface area contributed by atoms with E-state index in [-0.39, 0.29) is 0 Å². The molecule has 0 heterocycles. The highest BCUT2D eigenvalue weighted by Gasteiger charge is 2.26. The summed E-state index contributed by atoms with van der Waals surface area (Å²) in [7, 11) is 0. The van der Waals surface area contributed by atoms with Crippen molar-refractivity contribution in [1.82, 2.24) is 5.32 Å². The average molecular weight is 243 g/mol. The molecule has 1 N–H and O–H groups in total. The van der Waals surface area contributed by atoms with Crippen LogP contribution in [0.15, 0.2) is 0 Å². The van der Waals surface area contributed by atoms with Crippen molar-refractivity contribution in [2.75, 3.05) is 32.9 Å². The summed E-state index contributed by atoms with van der Waals surface area (Å²) in [5, 5.41) is 3.33. The molecule has 3 heteroatoms. The molecule has 102 valence electrons. The van der Waals surface area contributed by atoms with Gasteiger partial charge in [-0.3, -0.25) is 0 Å². The smallest absolute Gasteiger partial charge is 0.0594 e. The molecule has 1 aliphatic carbocycles. The van der Waals surface area contributed by atoms with Crippen molar-refractivity contribution in [2.24, 2.45) is 5.41 Å². The van der Waals surface area contributed by atoms with E-state index in [1.54, 1.807) is 0 Å². The molecule has 0 bridgehead atoms. The van der Waals surface area contributed by atoms with Crippen LogP contribution in [0.5, 0.6) is 0 Å². The lowest BCUT2D eigenvalue weighted by atomic mass is 9.76. The fraction of sp³-hybridized carbons (Fsp3) is 1.00. The van der Waals surface area contributed by atoms with Gasteiger partial charge in [-0.25, -0.2) is 0 Å². The van der Waals surface area contributed by atoms with Gasteiger partial charge in [0.1, 0.15) is 0 Å². The summed E-state index contributed by atoms with van der Waals surface area (Å²) in [6.07, 6.45) is 5.56. The summed E-state index contributed by atoms with van der Waals surface area (Å²) in [6, 6.07) is 0. The number of rotatable bonds is 8.